The zero-order valence-electron chi connectivity index (χ0n) is 20.4. The second-order valence-corrected chi connectivity index (χ2v) is 12.1. The van der Waals surface area contributed by atoms with Gasteiger partial charge in [-0.1, -0.05) is 32.4 Å². The van der Waals surface area contributed by atoms with Gasteiger partial charge in [0.15, 0.2) is 0 Å². The van der Waals surface area contributed by atoms with Crippen LogP contribution in [0.3, 0.4) is 0 Å². The molecule has 1 N–H and O–H groups in total. The highest BCUT2D eigenvalue weighted by Gasteiger charge is 2.27. The number of sulfonamides is 2. The normalized spacial score (nSPS) is 15.2. The van der Waals surface area contributed by atoms with Gasteiger partial charge in [-0.05, 0) is 48.7 Å². The van der Waals surface area contributed by atoms with Crippen LogP contribution in [0.5, 0.6) is 5.75 Å². The Morgan fingerprint density at radius 2 is 1.60 bits per heavy atom. The Kier molecular flexibility index (Phi) is 8.92. The van der Waals surface area contributed by atoms with E-state index < -0.39 is 26.0 Å². The molecule has 2 aromatic carbocycles. The quantitative estimate of drug-likeness (QED) is 0.512. The van der Waals surface area contributed by atoms with E-state index in [-0.39, 0.29) is 27.6 Å². The molecule has 1 aliphatic rings. The first kappa shape index (κ1) is 27.1. The van der Waals surface area contributed by atoms with E-state index in [2.05, 4.69) is 5.32 Å². The molecule has 1 saturated heterocycles. The number of carbonyl (C=O) groups excluding carboxylic acids is 1. The Morgan fingerprint density at radius 3 is 2.17 bits per heavy atom. The lowest BCUT2D eigenvalue weighted by molar-refractivity contribution is 0.0950. The third kappa shape index (κ3) is 6.03. The van der Waals surface area contributed by atoms with E-state index in [0.29, 0.717) is 26.2 Å². The number of benzene rings is 2. The van der Waals surface area contributed by atoms with Crippen LogP contribution in [0, 0.1) is 0 Å². The van der Waals surface area contributed by atoms with Crippen molar-refractivity contribution in [2.24, 2.45) is 0 Å². The number of nitrogens with one attached hydrogen (secondary N) is 1. The predicted octanol–water partition coefficient (Wildman–Crippen LogP) is 2.83. The number of nitrogens with zero attached hydrogens (tertiary/aromatic N) is 2. The van der Waals surface area contributed by atoms with E-state index in [1.807, 2.05) is 0 Å². The Bertz CT molecular complexity index is 1230. The fourth-order valence-corrected chi connectivity index (χ4v) is 7.20. The van der Waals surface area contributed by atoms with Gasteiger partial charge in [-0.3, -0.25) is 4.79 Å². The number of rotatable bonds is 10. The van der Waals surface area contributed by atoms with E-state index in [1.165, 1.54) is 33.9 Å². The van der Waals surface area contributed by atoms with Crippen LogP contribution in [0.15, 0.2) is 52.3 Å². The molecular formula is C24H33N3O6S2. The monoisotopic (exact) mass is 523 g/mol. The van der Waals surface area contributed by atoms with Gasteiger partial charge in [0.1, 0.15) is 10.6 Å². The SMILES string of the molecule is CCN(CC)S(=O)(=O)c1cc(C(=O)NCc2ccc(S(=O)(=O)N3CCCCC3)cc2)ccc1OC. The molecule has 0 spiro atoms. The molecule has 0 aliphatic carbocycles. The molecule has 1 aliphatic heterocycles. The van der Waals surface area contributed by atoms with E-state index in [1.54, 1.807) is 38.1 Å². The fraction of sp³-hybridized carbons (Fsp3) is 0.458. The minimum atomic E-state index is -3.83. The van der Waals surface area contributed by atoms with Gasteiger partial charge in [0.25, 0.3) is 5.91 Å². The summed E-state index contributed by atoms with van der Waals surface area (Å²) in [5.41, 5.74) is 0.904. The Hall–Kier alpha value is -2.47. The first-order chi connectivity index (χ1) is 16.6. The summed E-state index contributed by atoms with van der Waals surface area (Å²) in [6.45, 7) is 5.30. The van der Waals surface area contributed by atoms with E-state index in [4.69, 9.17) is 4.74 Å². The number of ether oxygens (including phenoxy) is 1. The zero-order chi connectivity index (χ0) is 25.6. The standard InChI is InChI=1S/C24H33N3O6S2/c1-4-26(5-2)35(31,32)23-17-20(11-14-22(23)33-3)24(28)25-18-19-9-12-21(13-10-19)34(29,30)27-15-7-6-8-16-27/h9-14,17H,4-8,15-16,18H2,1-3H3,(H,25,28). The lowest BCUT2D eigenvalue weighted by Crippen LogP contribution is -2.35. The average Bonchev–Trinajstić information content (AvgIpc) is 2.88. The summed E-state index contributed by atoms with van der Waals surface area (Å²) in [5, 5.41) is 2.76. The number of carbonyl (C=O) groups is 1. The molecule has 1 amide bonds. The third-order valence-corrected chi connectivity index (χ3v) is 10.1. The van der Waals surface area contributed by atoms with Gasteiger partial charge < -0.3 is 10.1 Å². The van der Waals surface area contributed by atoms with E-state index in [0.717, 1.165) is 24.8 Å². The van der Waals surface area contributed by atoms with Crippen molar-refractivity contribution in [3.63, 3.8) is 0 Å². The molecule has 192 valence electrons. The zero-order valence-corrected chi connectivity index (χ0v) is 22.0. The van der Waals surface area contributed by atoms with Crippen LogP contribution in [0.1, 0.15) is 49.0 Å². The van der Waals surface area contributed by atoms with Gasteiger partial charge in [0.05, 0.1) is 12.0 Å². The van der Waals surface area contributed by atoms with Crippen molar-refractivity contribution < 1.29 is 26.4 Å². The topological polar surface area (TPSA) is 113 Å². The van der Waals surface area contributed by atoms with Crippen LogP contribution in [-0.2, 0) is 26.6 Å². The summed E-state index contributed by atoms with van der Waals surface area (Å²) < 4.78 is 59.7. The predicted molar refractivity (Wildman–Crippen MR) is 133 cm³/mol. The molecule has 11 heteroatoms. The molecule has 0 aromatic heterocycles. The lowest BCUT2D eigenvalue weighted by atomic mass is 10.2. The number of hydrogen-bond acceptors (Lipinski definition) is 6. The molecule has 9 nitrogen and oxygen atoms in total. The van der Waals surface area contributed by atoms with Gasteiger partial charge in [0.2, 0.25) is 20.0 Å². The highest BCUT2D eigenvalue weighted by Crippen LogP contribution is 2.28. The number of hydrogen-bond donors (Lipinski definition) is 1. The van der Waals surface area contributed by atoms with E-state index in [9.17, 15) is 21.6 Å². The summed E-state index contributed by atoms with van der Waals surface area (Å²) in [7, 11) is -5.96. The minimum absolute atomic E-state index is 0.0661. The second-order valence-electron chi connectivity index (χ2n) is 8.25. The van der Waals surface area contributed by atoms with Crippen LogP contribution >= 0.6 is 0 Å². The molecule has 0 unspecified atom stereocenters. The molecule has 1 heterocycles. The summed E-state index contributed by atoms with van der Waals surface area (Å²) in [6, 6.07) is 10.7. The summed E-state index contributed by atoms with van der Waals surface area (Å²) in [4.78, 5) is 12.9. The highest BCUT2D eigenvalue weighted by molar-refractivity contribution is 7.89. The molecule has 0 bridgehead atoms. The van der Waals surface area contributed by atoms with Crippen molar-refractivity contribution in [2.75, 3.05) is 33.3 Å². The van der Waals surface area contributed by atoms with Crippen molar-refractivity contribution in [1.82, 2.24) is 13.9 Å². The largest absolute Gasteiger partial charge is 0.495 e. The van der Waals surface area contributed by atoms with Gasteiger partial charge >= 0.3 is 0 Å². The molecule has 0 radical (unpaired) electrons. The van der Waals surface area contributed by atoms with Crippen LogP contribution in [-0.4, -0.2) is 64.6 Å². The van der Waals surface area contributed by atoms with Crippen molar-refractivity contribution >= 4 is 26.0 Å². The molecule has 35 heavy (non-hydrogen) atoms. The molecule has 0 saturated carbocycles. The first-order valence-electron chi connectivity index (χ1n) is 11.7. The van der Waals surface area contributed by atoms with Gasteiger partial charge in [0, 0.05) is 38.3 Å². The molecule has 2 aromatic rings. The number of methoxy groups -OCH3 is 1. The summed E-state index contributed by atoms with van der Waals surface area (Å²) in [5.74, 6) is -0.285. The lowest BCUT2D eigenvalue weighted by Gasteiger charge is -2.25. The second kappa shape index (κ2) is 11.5. The molecule has 3 rings (SSSR count). The Morgan fingerprint density at radius 1 is 0.971 bits per heavy atom. The first-order valence-corrected chi connectivity index (χ1v) is 14.6. The van der Waals surface area contributed by atoms with Crippen molar-refractivity contribution in [1.29, 1.82) is 0 Å². The van der Waals surface area contributed by atoms with E-state index >= 15 is 0 Å². The smallest absolute Gasteiger partial charge is 0.251 e. The average molecular weight is 524 g/mol. The van der Waals surface area contributed by atoms with Crippen molar-refractivity contribution in [2.45, 2.75) is 49.4 Å². The Labute approximate surface area is 208 Å². The maximum absolute atomic E-state index is 13.0. The summed E-state index contributed by atoms with van der Waals surface area (Å²) in [6.07, 6.45) is 2.78. The maximum atomic E-state index is 13.0. The van der Waals surface area contributed by atoms with Gasteiger partial charge in [-0.2, -0.15) is 8.61 Å². The fourth-order valence-electron chi connectivity index (χ4n) is 4.04. The highest BCUT2D eigenvalue weighted by atomic mass is 32.2. The number of piperidine rings is 1. The van der Waals surface area contributed by atoms with Crippen LogP contribution in [0.4, 0.5) is 0 Å². The Balaban J connectivity index is 1.73. The minimum Gasteiger partial charge on any atom is -0.495 e. The van der Waals surface area contributed by atoms with Crippen LogP contribution < -0.4 is 10.1 Å². The molecule has 1 fully saturated rings. The summed E-state index contributed by atoms with van der Waals surface area (Å²) >= 11 is 0. The number of amides is 1. The van der Waals surface area contributed by atoms with Gasteiger partial charge in [-0.15, -0.1) is 0 Å². The van der Waals surface area contributed by atoms with Crippen LogP contribution in [0.25, 0.3) is 0 Å². The molecule has 0 atom stereocenters. The van der Waals surface area contributed by atoms with Crippen molar-refractivity contribution in [3.05, 3.63) is 53.6 Å². The molecular weight excluding hydrogens is 490 g/mol. The maximum Gasteiger partial charge on any atom is 0.251 e. The van der Waals surface area contributed by atoms with Gasteiger partial charge in [-0.25, -0.2) is 16.8 Å². The van der Waals surface area contributed by atoms with Crippen molar-refractivity contribution in [3.8, 4) is 5.75 Å². The third-order valence-electron chi connectivity index (χ3n) is 6.08. The van der Waals surface area contributed by atoms with Crippen LogP contribution in [0.2, 0.25) is 0 Å².